The van der Waals surface area contributed by atoms with E-state index in [-0.39, 0.29) is 17.2 Å². The van der Waals surface area contributed by atoms with Crippen LogP contribution in [0.2, 0.25) is 0 Å². The molecule has 1 heterocycles. The highest BCUT2D eigenvalue weighted by molar-refractivity contribution is 7.99. The van der Waals surface area contributed by atoms with Crippen LogP contribution in [0.5, 0.6) is 0 Å². The molecule has 1 aromatic heterocycles. The molecular formula is C21H24N4O2S. The summed E-state index contributed by atoms with van der Waals surface area (Å²) in [4.78, 5) is 32.0. The smallest absolute Gasteiger partial charge is 0.262 e. The first kappa shape index (κ1) is 20.1. The van der Waals surface area contributed by atoms with E-state index in [4.69, 9.17) is 0 Å². The highest BCUT2D eigenvalue weighted by Crippen LogP contribution is 2.18. The number of hydrogen-bond acceptors (Lipinski definition) is 5. The van der Waals surface area contributed by atoms with Crippen LogP contribution in [0.25, 0.3) is 10.9 Å². The van der Waals surface area contributed by atoms with E-state index in [1.807, 2.05) is 62.6 Å². The van der Waals surface area contributed by atoms with E-state index >= 15 is 0 Å². The van der Waals surface area contributed by atoms with Gasteiger partial charge in [0.25, 0.3) is 5.56 Å². The monoisotopic (exact) mass is 396 g/mol. The minimum absolute atomic E-state index is 0.0599. The van der Waals surface area contributed by atoms with Crippen molar-refractivity contribution in [2.45, 2.75) is 18.1 Å². The van der Waals surface area contributed by atoms with Gasteiger partial charge >= 0.3 is 0 Å². The lowest BCUT2D eigenvalue weighted by molar-refractivity contribution is -0.113. The van der Waals surface area contributed by atoms with Gasteiger partial charge in [0.1, 0.15) is 0 Å². The SMILES string of the molecule is CN(C)CCCn1c(SCC(=O)Nc2ccccc2)nc2ccccc2c1=O. The Morgan fingerprint density at radius 3 is 2.57 bits per heavy atom. The van der Waals surface area contributed by atoms with Crippen LogP contribution >= 0.6 is 11.8 Å². The van der Waals surface area contributed by atoms with Gasteiger partial charge < -0.3 is 10.2 Å². The average molecular weight is 397 g/mol. The zero-order valence-electron chi connectivity index (χ0n) is 16.1. The van der Waals surface area contributed by atoms with Crippen molar-refractivity contribution in [3.63, 3.8) is 0 Å². The van der Waals surface area contributed by atoms with Crippen molar-refractivity contribution >= 4 is 34.3 Å². The van der Waals surface area contributed by atoms with E-state index in [0.717, 1.165) is 18.7 Å². The quantitative estimate of drug-likeness (QED) is 0.468. The zero-order chi connectivity index (χ0) is 19.9. The predicted molar refractivity (Wildman–Crippen MR) is 115 cm³/mol. The van der Waals surface area contributed by atoms with Crippen LogP contribution in [-0.2, 0) is 11.3 Å². The van der Waals surface area contributed by atoms with Crippen molar-refractivity contribution < 1.29 is 4.79 Å². The molecule has 6 nitrogen and oxygen atoms in total. The Bertz CT molecular complexity index is 1000. The third kappa shape index (κ3) is 5.21. The first-order chi connectivity index (χ1) is 13.5. The number of carbonyl (C=O) groups excluding carboxylic acids is 1. The third-order valence-corrected chi connectivity index (χ3v) is 5.18. The summed E-state index contributed by atoms with van der Waals surface area (Å²) in [6.07, 6.45) is 0.830. The summed E-state index contributed by atoms with van der Waals surface area (Å²) in [5.41, 5.74) is 1.35. The fourth-order valence-corrected chi connectivity index (χ4v) is 3.67. The molecule has 2 aromatic carbocycles. The van der Waals surface area contributed by atoms with Crippen LogP contribution in [0.1, 0.15) is 6.42 Å². The molecule has 0 saturated carbocycles. The van der Waals surface area contributed by atoms with Crippen LogP contribution in [-0.4, -0.2) is 46.8 Å². The van der Waals surface area contributed by atoms with Crippen molar-refractivity contribution in [2.75, 3.05) is 31.7 Å². The fourth-order valence-electron chi connectivity index (χ4n) is 2.85. The van der Waals surface area contributed by atoms with Gasteiger partial charge in [0.2, 0.25) is 5.91 Å². The molecule has 0 fully saturated rings. The maximum atomic E-state index is 13.0. The Balaban J connectivity index is 1.79. The molecule has 0 aliphatic heterocycles. The molecule has 1 amide bonds. The number of nitrogens with zero attached hydrogens (tertiary/aromatic N) is 3. The van der Waals surface area contributed by atoms with Crippen LogP contribution in [0.3, 0.4) is 0 Å². The number of fused-ring (bicyclic) bond motifs is 1. The molecule has 0 unspecified atom stereocenters. The molecule has 3 rings (SSSR count). The lowest BCUT2D eigenvalue weighted by atomic mass is 10.2. The number of thioether (sulfide) groups is 1. The summed E-state index contributed by atoms with van der Waals surface area (Å²) in [5, 5.41) is 4.04. The van der Waals surface area contributed by atoms with Crippen molar-refractivity contribution in [1.82, 2.24) is 14.5 Å². The van der Waals surface area contributed by atoms with Crippen molar-refractivity contribution in [1.29, 1.82) is 0 Å². The second-order valence-corrected chi connectivity index (χ2v) is 7.67. The first-order valence-corrected chi connectivity index (χ1v) is 10.1. The number of anilines is 1. The van der Waals surface area contributed by atoms with E-state index in [9.17, 15) is 9.59 Å². The van der Waals surface area contributed by atoms with E-state index in [0.29, 0.717) is 22.6 Å². The standard InChI is InChI=1S/C21H24N4O2S/c1-24(2)13-8-14-25-20(27)17-11-6-7-12-18(17)23-21(25)28-15-19(26)22-16-9-4-3-5-10-16/h3-7,9-12H,8,13-15H2,1-2H3,(H,22,26). The van der Waals surface area contributed by atoms with Gasteiger partial charge in [-0.3, -0.25) is 14.2 Å². The number of aromatic nitrogens is 2. The Hall–Kier alpha value is -2.64. The summed E-state index contributed by atoms with van der Waals surface area (Å²) in [7, 11) is 4.01. The molecule has 0 aliphatic rings. The van der Waals surface area contributed by atoms with Gasteiger partial charge in [-0.1, -0.05) is 42.1 Å². The number of rotatable bonds is 8. The Kier molecular flexibility index (Phi) is 6.84. The largest absolute Gasteiger partial charge is 0.325 e. The number of amides is 1. The van der Waals surface area contributed by atoms with Crippen molar-refractivity contribution in [2.24, 2.45) is 0 Å². The summed E-state index contributed by atoms with van der Waals surface area (Å²) in [6, 6.07) is 16.7. The zero-order valence-corrected chi connectivity index (χ0v) is 16.9. The summed E-state index contributed by atoms with van der Waals surface area (Å²) < 4.78 is 1.69. The van der Waals surface area contributed by atoms with E-state index in [1.54, 1.807) is 10.6 Å². The number of hydrogen-bond donors (Lipinski definition) is 1. The molecule has 0 saturated heterocycles. The van der Waals surface area contributed by atoms with E-state index in [1.165, 1.54) is 11.8 Å². The molecule has 0 aliphatic carbocycles. The lowest BCUT2D eigenvalue weighted by Gasteiger charge is -2.15. The van der Waals surface area contributed by atoms with Gasteiger partial charge in [-0.05, 0) is 51.3 Å². The Morgan fingerprint density at radius 2 is 1.82 bits per heavy atom. The highest BCUT2D eigenvalue weighted by atomic mass is 32.2. The molecule has 0 spiro atoms. The molecule has 0 atom stereocenters. The molecular weight excluding hydrogens is 372 g/mol. The molecule has 7 heteroatoms. The Morgan fingerprint density at radius 1 is 1.11 bits per heavy atom. The lowest BCUT2D eigenvalue weighted by Crippen LogP contribution is -2.26. The normalized spacial score (nSPS) is 11.1. The van der Waals surface area contributed by atoms with Crippen LogP contribution in [0.15, 0.2) is 64.5 Å². The maximum Gasteiger partial charge on any atom is 0.262 e. The van der Waals surface area contributed by atoms with Crippen molar-refractivity contribution in [3.05, 3.63) is 65.0 Å². The molecule has 146 valence electrons. The highest BCUT2D eigenvalue weighted by Gasteiger charge is 2.13. The molecule has 0 radical (unpaired) electrons. The number of para-hydroxylation sites is 2. The summed E-state index contributed by atoms with van der Waals surface area (Å²) in [5.74, 6) is 0.0614. The van der Waals surface area contributed by atoms with Gasteiger partial charge in [0.05, 0.1) is 16.7 Å². The Labute approximate surface area is 168 Å². The fraction of sp³-hybridized carbons (Fsp3) is 0.286. The van der Waals surface area contributed by atoms with Gasteiger partial charge in [-0.15, -0.1) is 0 Å². The minimum atomic E-state index is -0.126. The van der Waals surface area contributed by atoms with Gasteiger partial charge in [-0.2, -0.15) is 0 Å². The second kappa shape index (κ2) is 9.52. The number of nitrogens with one attached hydrogen (secondary N) is 1. The van der Waals surface area contributed by atoms with Crippen molar-refractivity contribution in [3.8, 4) is 0 Å². The van der Waals surface area contributed by atoms with Gasteiger partial charge in [-0.25, -0.2) is 4.98 Å². The second-order valence-electron chi connectivity index (χ2n) is 6.73. The van der Waals surface area contributed by atoms with E-state index < -0.39 is 0 Å². The topological polar surface area (TPSA) is 67.2 Å². The third-order valence-electron chi connectivity index (χ3n) is 4.20. The predicted octanol–water partition coefficient (Wildman–Crippen LogP) is 3.08. The molecule has 3 aromatic rings. The number of carbonyl (C=O) groups is 1. The summed E-state index contributed by atoms with van der Waals surface area (Å²) >= 11 is 1.29. The first-order valence-electron chi connectivity index (χ1n) is 9.16. The molecule has 0 bridgehead atoms. The van der Waals surface area contributed by atoms with E-state index in [2.05, 4.69) is 15.2 Å². The van der Waals surface area contributed by atoms with Crippen LogP contribution in [0, 0.1) is 0 Å². The van der Waals surface area contributed by atoms with Crippen LogP contribution in [0.4, 0.5) is 5.69 Å². The average Bonchev–Trinajstić information content (AvgIpc) is 2.69. The molecule has 28 heavy (non-hydrogen) atoms. The number of benzene rings is 2. The van der Waals surface area contributed by atoms with Gasteiger partial charge in [0, 0.05) is 12.2 Å². The maximum absolute atomic E-state index is 13.0. The minimum Gasteiger partial charge on any atom is -0.325 e. The van der Waals surface area contributed by atoms with Crippen LogP contribution < -0.4 is 10.9 Å². The molecule has 1 N–H and O–H groups in total. The summed E-state index contributed by atoms with van der Waals surface area (Å²) in [6.45, 7) is 1.44. The van der Waals surface area contributed by atoms with Gasteiger partial charge in [0.15, 0.2) is 5.16 Å².